The molecule has 7 nitrogen and oxygen atoms in total. The molecule has 0 aromatic carbocycles. The smallest absolute Gasteiger partial charge is 0.140 e. The van der Waals surface area contributed by atoms with Gasteiger partial charge in [-0.25, -0.2) is 9.97 Å². The topological polar surface area (TPSA) is 70.3 Å². The number of anilines is 2. The maximum Gasteiger partial charge on any atom is 0.140 e. The van der Waals surface area contributed by atoms with Crippen LogP contribution >= 0.6 is 0 Å². The highest BCUT2D eigenvalue weighted by molar-refractivity contribution is 5.47. The van der Waals surface area contributed by atoms with Crippen molar-refractivity contribution in [2.24, 2.45) is 0 Å². The summed E-state index contributed by atoms with van der Waals surface area (Å²) in [7, 11) is 3.98. The third kappa shape index (κ3) is 4.10. The zero-order valence-electron chi connectivity index (χ0n) is 15.0. The second-order valence-corrected chi connectivity index (χ2v) is 7.37. The van der Waals surface area contributed by atoms with E-state index < -0.39 is 0 Å². The molecule has 0 spiro atoms. The molecule has 2 aromatic rings. The third-order valence-electron chi connectivity index (χ3n) is 4.91. The molecule has 2 aliphatic rings. The standard InChI is InChI=1S/C18H26N6O/c1-23(2)18-9-17(19-12-20-18)21-14-4-3-7-24(10-14)11-15-8-16(25-22-15)13-5-6-13/h8-9,12-14H,3-7,10-11H2,1-2H3,(H,19,20,21). The number of likely N-dealkylation sites (tertiary alicyclic amines) is 1. The van der Waals surface area contributed by atoms with Gasteiger partial charge in [-0.3, -0.25) is 4.90 Å². The van der Waals surface area contributed by atoms with Crippen molar-refractivity contribution in [1.82, 2.24) is 20.0 Å². The van der Waals surface area contributed by atoms with Crippen LogP contribution in [0.2, 0.25) is 0 Å². The Labute approximate surface area is 148 Å². The molecule has 25 heavy (non-hydrogen) atoms. The van der Waals surface area contributed by atoms with Gasteiger partial charge in [0.2, 0.25) is 0 Å². The molecular weight excluding hydrogens is 316 g/mol. The molecule has 1 atom stereocenters. The molecule has 0 bridgehead atoms. The van der Waals surface area contributed by atoms with Gasteiger partial charge in [0.15, 0.2) is 0 Å². The van der Waals surface area contributed by atoms with Gasteiger partial charge in [0.1, 0.15) is 23.7 Å². The van der Waals surface area contributed by atoms with Crippen LogP contribution in [0.3, 0.4) is 0 Å². The predicted molar refractivity (Wildman–Crippen MR) is 96.8 cm³/mol. The predicted octanol–water partition coefficient (Wildman–Crippen LogP) is 2.48. The largest absolute Gasteiger partial charge is 0.366 e. The molecule has 1 N–H and O–H groups in total. The van der Waals surface area contributed by atoms with Gasteiger partial charge in [0.05, 0.1) is 5.69 Å². The van der Waals surface area contributed by atoms with E-state index in [-0.39, 0.29) is 0 Å². The minimum absolute atomic E-state index is 0.397. The first-order chi connectivity index (χ1) is 12.2. The molecule has 3 heterocycles. The van der Waals surface area contributed by atoms with Gasteiger partial charge in [-0.15, -0.1) is 0 Å². The number of nitrogens with one attached hydrogen (secondary N) is 1. The van der Waals surface area contributed by atoms with Crippen molar-refractivity contribution < 1.29 is 4.52 Å². The third-order valence-corrected chi connectivity index (χ3v) is 4.91. The molecule has 2 aromatic heterocycles. The monoisotopic (exact) mass is 342 g/mol. The van der Waals surface area contributed by atoms with Crippen LogP contribution in [0.5, 0.6) is 0 Å². The normalized spacial score (nSPS) is 21.3. The van der Waals surface area contributed by atoms with Gasteiger partial charge in [-0.2, -0.15) is 0 Å². The lowest BCUT2D eigenvalue weighted by Crippen LogP contribution is -2.41. The van der Waals surface area contributed by atoms with Crippen molar-refractivity contribution in [3.63, 3.8) is 0 Å². The molecule has 0 amide bonds. The van der Waals surface area contributed by atoms with Gasteiger partial charge in [0, 0.05) is 51.3 Å². The maximum atomic E-state index is 5.47. The van der Waals surface area contributed by atoms with Crippen molar-refractivity contribution in [3.05, 3.63) is 29.9 Å². The van der Waals surface area contributed by atoms with Crippen LogP contribution in [-0.4, -0.2) is 53.3 Å². The van der Waals surface area contributed by atoms with Gasteiger partial charge < -0.3 is 14.7 Å². The van der Waals surface area contributed by atoms with E-state index in [4.69, 9.17) is 4.52 Å². The minimum atomic E-state index is 0.397. The quantitative estimate of drug-likeness (QED) is 0.865. The van der Waals surface area contributed by atoms with Gasteiger partial charge >= 0.3 is 0 Å². The van der Waals surface area contributed by atoms with Crippen molar-refractivity contribution in [2.45, 2.75) is 44.2 Å². The fourth-order valence-electron chi connectivity index (χ4n) is 3.39. The number of rotatable bonds is 6. The second kappa shape index (κ2) is 7.00. The average Bonchev–Trinajstić information content (AvgIpc) is 3.35. The van der Waals surface area contributed by atoms with Gasteiger partial charge in [-0.05, 0) is 32.2 Å². The van der Waals surface area contributed by atoms with Crippen molar-refractivity contribution in [2.75, 3.05) is 37.4 Å². The van der Waals surface area contributed by atoms with Crippen LogP contribution in [0.1, 0.15) is 43.1 Å². The summed E-state index contributed by atoms with van der Waals surface area (Å²) in [4.78, 5) is 13.1. The first-order valence-electron chi connectivity index (χ1n) is 9.11. The second-order valence-electron chi connectivity index (χ2n) is 7.37. The van der Waals surface area contributed by atoms with E-state index in [0.717, 1.165) is 49.1 Å². The number of nitrogens with zero attached hydrogens (tertiary/aromatic N) is 5. The van der Waals surface area contributed by atoms with Crippen LogP contribution in [0, 0.1) is 0 Å². The number of hydrogen-bond donors (Lipinski definition) is 1. The van der Waals surface area contributed by atoms with Crippen LogP contribution < -0.4 is 10.2 Å². The molecule has 1 aliphatic heterocycles. The minimum Gasteiger partial charge on any atom is -0.366 e. The molecule has 1 aliphatic carbocycles. The van der Waals surface area contributed by atoms with E-state index in [1.807, 2.05) is 25.1 Å². The maximum absolute atomic E-state index is 5.47. The highest BCUT2D eigenvalue weighted by Crippen LogP contribution is 2.40. The van der Waals surface area contributed by atoms with Crippen LogP contribution in [0.25, 0.3) is 0 Å². The summed E-state index contributed by atoms with van der Waals surface area (Å²) in [6, 6.07) is 4.54. The summed E-state index contributed by atoms with van der Waals surface area (Å²) >= 11 is 0. The Balaban J connectivity index is 1.34. The summed E-state index contributed by atoms with van der Waals surface area (Å²) in [5, 5.41) is 7.81. The van der Waals surface area contributed by atoms with Gasteiger partial charge in [-0.1, -0.05) is 5.16 Å². The fraction of sp³-hybridized carbons (Fsp3) is 0.611. The van der Waals surface area contributed by atoms with Crippen molar-refractivity contribution >= 4 is 11.6 Å². The van der Waals surface area contributed by atoms with E-state index in [2.05, 4.69) is 31.4 Å². The molecular formula is C18H26N6O. The van der Waals surface area contributed by atoms with E-state index in [1.54, 1.807) is 6.33 Å². The van der Waals surface area contributed by atoms with Crippen molar-refractivity contribution in [3.8, 4) is 0 Å². The molecule has 7 heteroatoms. The summed E-state index contributed by atoms with van der Waals surface area (Å²) < 4.78 is 5.47. The molecule has 0 radical (unpaired) electrons. The Morgan fingerprint density at radius 2 is 2.12 bits per heavy atom. The first-order valence-corrected chi connectivity index (χ1v) is 9.11. The van der Waals surface area contributed by atoms with Gasteiger partial charge in [0.25, 0.3) is 0 Å². The summed E-state index contributed by atoms with van der Waals surface area (Å²) in [6.07, 6.45) is 6.45. The summed E-state index contributed by atoms with van der Waals surface area (Å²) in [5.74, 6) is 3.50. The van der Waals surface area contributed by atoms with Crippen LogP contribution in [0.15, 0.2) is 23.0 Å². The Bertz CT molecular complexity index is 711. The summed E-state index contributed by atoms with van der Waals surface area (Å²) in [6.45, 7) is 2.96. The summed E-state index contributed by atoms with van der Waals surface area (Å²) in [5.41, 5.74) is 1.06. The lowest BCUT2D eigenvalue weighted by molar-refractivity contribution is 0.203. The van der Waals surface area contributed by atoms with Crippen molar-refractivity contribution in [1.29, 1.82) is 0 Å². The molecule has 134 valence electrons. The Morgan fingerprint density at radius 1 is 1.24 bits per heavy atom. The highest BCUT2D eigenvalue weighted by atomic mass is 16.5. The Hall–Kier alpha value is -2.15. The molecule has 2 fully saturated rings. The van der Waals surface area contributed by atoms with E-state index in [9.17, 15) is 0 Å². The SMILES string of the molecule is CN(C)c1cc(NC2CCCN(Cc3cc(C4CC4)on3)C2)ncn1. The Kier molecular flexibility index (Phi) is 4.57. The average molecular weight is 342 g/mol. The zero-order valence-corrected chi connectivity index (χ0v) is 15.0. The van der Waals surface area contributed by atoms with E-state index in [0.29, 0.717) is 12.0 Å². The molecule has 1 saturated carbocycles. The lowest BCUT2D eigenvalue weighted by atomic mass is 10.1. The molecule has 1 saturated heterocycles. The van der Waals surface area contributed by atoms with Crippen LogP contribution in [-0.2, 0) is 6.54 Å². The first kappa shape index (κ1) is 16.3. The lowest BCUT2D eigenvalue weighted by Gasteiger charge is -2.32. The van der Waals surface area contributed by atoms with E-state index in [1.165, 1.54) is 19.3 Å². The fourth-order valence-corrected chi connectivity index (χ4v) is 3.39. The Morgan fingerprint density at radius 3 is 2.92 bits per heavy atom. The van der Waals surface area contributed by atoms with Crippen LogP contribution in [0.4, 0.5) is 11.6 Å². The van der Waals surface area contributed by atoms with E-state index >= 15 is 0 Å². The molecule has 1 unspecified atom stereocenters. The zero-order chi connectivity index (χ0) is 17.2. The number of hydrogen-bond acceptors (Lipinski definition) is 7. The number of piperidine rings is 1. The molecule has 4 rings (SSSR count). The highest BCUT2D eigenvalue weighted by Gasteiger charge is 2.28. The number of aromatic nitrogens is 3.